The summed E-state index contributed by atoms with van der Waals surface area (Å²) < 4.78 is 0. The summed E-state index contributed by atoms with van der Waals surface area (Å²) in [6.07, 6.45) is 5.10. The number of aliphatic hydroxyl groups excluding tert-OH is 1. The molecule has 1 aliphatic carbocycles. The molecule has 0 heterocycles. The molecule has 1 aliphatic rings. The van der Waals surface area contributed by atoms with Crippen LogP contribution >= 0.6 is 0 Å². The van der Waals surface area contributed by atoms with Gasteiger partial charge in [0.15, 0.2) is 0 Å². The van der Waals surface area contributed by atoms with Gasteiger partial charge in [0.05, 0.1) is 0 Å². The molecule has 0 amide bonds. The van der Waals surface area contributed by atoms with Gasteiger partial charge < -0.3 is 5.11 Å². The first-order valence-electron chi connectivity index (χ1n) is 6.61. The summed E-state index contributed by atoms with van der Waals surface area (Å²) >= 11 is 0. The molecule has 1 heteroatoms. The van der Waals surface area contributed by atoms with Gasteiger partial charge in [-0.15, -0.1) is 6.42 Å². The van der Waals surface area contributed by atoms with Crippen LogP contribution in [0.1, 0.15) is 22.8 Å². The highest BCUT2D eigenvalue weighted by Gasteiger charge is 2.29. The van der Waals surface area contributed by atoms with Gasteiger partial charge in [0.1, 0.15) is 6.10 Å². The largest absolute Gasteiger partial charge is 0.384 e. The van der Waals surface area contributed by atoms with Crippen molar-refractivity contribution >= 4 is 10.8 Å². The van der Waals surface area contributed by atoms with E-state index in [1.54, 1.807) is 0 Å². The van der Waals surface area contributed by atoms with Crippen molar-refractivity contribution in [2.45, 2.75) is 6.10 Å². The van der Waals surface area contributed by atoms with Crippen molar-refractivity contribution in [2.24, 2.45) is 0 Å². The second-order valence-electron chi connectivity index (χ2n) is 5.07. The van der Waals surface area contributed by atoms with Crippen LogP contribution in [0.2, 0.25) is 0 Å². The first kappa shape index (κ1) is 11.3. The van der Waals surface area contributed by atoms with Gasteiger partial charge in [-0.2, -0.15) is 0 Å². The molecule has 0 fully saturated rings. The lowest BCUT2D eigenvalue weighted by Gasteiger charge is -2.11. The van der Waals surface area contributed by atoms with Gasteiger partial charge in [0.25, 0.3) is 0 Å². The Morgan fingerprint density at radius 3 is 2.55 bits per heavy atom. The molecule has 4 rings (SSSR count). The molecule has 3 aromatic carbocycles. The number of benzene rings is 3. The molecule has 0 aromatic heterocycles. The Bertz CT molecular complexity index is 884. The van der Waals surface area contributed by atoms with Crippen LogP contribution in [0.3, 0.4) is 0 Å². The molecule has 0 radical (unpaired) electrons. The summed E-state index contributed by atoms with van der Waals surface area (Å²) in [6, 6.07) is 18.1. The van der Waals surface area contributed by atoms with Gasteiger partial charge in [0, 0.05) is 11.1 Å². The Morgan fingerprint density at radius 2 is 1.70 bits per heavy atom. The van der Waals surface area contributed by atoms with E-state index in [-0.39, 0.29) is 0 Å². The predicted octanol–water partition coefficient (Wildman–Crippen LogP) is 3.88. The molecule has 1 atom stereocenters. The normalized spacial score (nSPS) is 15.7. The zero-order chi connectivity index (χ0) is 13.7. The number of rotatable bonds is 0. The van der Waals surface area contributed by atoms with Crippen molar-refractivity contribution in [3.05, 3.63) is 71.3 Å². The molecular weight excluding hydrogens is 244 g/mol. The van der Waals surface area contributed by atoms with E-state index in [2.05, 4.69) is 18.1 Å². The summed E-state index contributed by atoms with van der Waals surface area (Å²) in [5.74, 6) is 2.78. The molecule has 0 saturated carbocycles. The van der Waals surface area contributed by atoms with Crippen LogP contribution in [-0.4, -0.2) is 5.11 Å². The number of fused-ring (bicyclic) bond motifs is 4. The topological polar surface area (TPSA) is 20.2 Å². The van der Waals surface area contributed by atoms with Crippen LogP contribution < -0.4 is 0 Å². The van der Waals surface area contributed by atoms with Crippen molar-refractivity contribution in [3.63, 3.8) is 0 Å². The summed E-state index contributed by atoms with van der Waals surface area (Å²) in [6.45, 7) is 0. The second kappa shape index (κ2) is 3.96. The smallest absolute Gasteiger partial charge is 0.106 e. The average Bonchev–Trinajstić information content (AvgIpc) is 2.79. The van der Waals surface area contributed by atoms with Crippen molar-refractivity contribution in [2.75, 3.05) is 0 Å². The van der Waals surface area contributed by atoms with Gasteiger partial charge in [-0.05, 0) is 33.5 Å². The van der Waals surface area contributed by atoms with E-state index < -0.39 is 6.10 Å². The molecule has 1 nitrogen and oxygen atoms in total. The van der Waals surface area contributed by atoms with Crippen LogP contribution in [0.15, 0.2) is 54.6 Å². The third kappa shape index (κ3) is 1.32. The summed E-state index contributed by atoms with van der Waals surface area (Å²) in [5.41, 5.74) is 4.75. The van der Waals surface area contributed by atoms with Crippen LogP contribution in [0.25, 0.3) is 21.9 Å². The number of hydrogen-bond donors (Lipinski definition) is 1. The highest BCUT2D eigenvalue weighted by Crippen LogP contribution is 2.46. The Balaban J connectivity index is 2.19. The minimum atomic E-state index is -0.628. The monoisotopic (exact) mass is 256 g/mol. The van der Waals surface area contributed by atoms with Crippen molar-refractivity contribution in [1.82, 2.24) is 0 Å². The molecule has 0 saturated heterocycles. The van der Waals surface area contributed by atoms with Gasteiger partial charge >= 0.3 is 0 Å². The lowest BCUT2D eigenvalue weighted by molar-refractivity contribution is 0.225. The number of terminal acetylenes is 1. The lowest BCUT2D eigenvalue weighted by atomic mass is 9.94. The molecule has 94 valence electrons. The summed E-state index contributed by atoms with van der Waals surface area (Å²) in [4.78, 5) is 0. The molecule has 0 spiro atoms. The quantitative estimate of drug-likeness (QED) is 0.605. The van der Waals surface area contributed by atoms with E-state index in [0.29, 0.717) is 0 Å². The molecule has 3 aromatic rings. The standard InChI is InChI=1S/C19H12O/c1-2-13-14-8-4-3-7-12(14)11-17-15-9-5-6-10-16(15)19(20)18(13)17/h1,3-11,19-20H. The van der Waals surface area contributed by atoms with Crippen LogP contribution in [-0.2, 0) is 0 Å². The maximum absolute atomic E-state index is 10.6. The summed E-state index contributed by atoms with van der Waals surface area (Å²) in [5, 5.41) is 12.8. The van der Waals surface area contributed by atoms with Gasteiger partial charge in [-0.1, -0.05) is 54.5 Å². The van der Waals surface area contributed by atoms with Crippen LogP contribution in [0.5, 0.6) is 0 Å². The van der Waals surface area contributed by atoms with E-state index in [1.807, 2.05) is 42.5 Å². The van der Waals surface area contributed by atoms with E-state index in [9.17, 15) is 5.11 Å². The van der Waals surface area contributed by atoms with Crippen LogP contribution in [0, 0.1) is 12.3 Å². The Hall–Kier alpha value is -2.56. The Labute approximate surface area is 117 Å². The molecular formula is C19H12O. The molecule has 0 bridgehead atoms. The molecule has 1 N–H and O–H groups in total. The second-order valence-corrected chi connectivity index (χ2v) is 5.07. The van der Waals surface area contributed by atoms with E-state index in [1.165, 1.54) is 0 Å². The van der Waals surface area contributed by atoms with E-state index >= 15 is 0 Å². The maximum atomic E-state index is 10.6. The highest BCUT2D eigenvalue weighted by molar-refractivity contribution is 5.97. The fraction of sp³-hybridized carbons (Fsp3) is 0.0526. The highest BCUT2D eigenvalue weighted by atomic mass is 16.3. The fourth-order valence-electron chi connectivity index (χ4n) is 3.16. The van der Waals surface area contributed by atoms with Crippen molar-refractivity contribution in [3.8, 4) is 23.5 Å². The minimum absolute atomic E-state index is 0.628. The van der Waals surface area contributed by atoms with E-state index in [0.717, 1.165) is 38.6 Å². The number of hydrogen-bond acceptors (Lipinski definition) is 1. The van der Waals surface area contributed by atoms with Gasteiger partial charge in [0.2, 0.25) is 0 Å². The Morgan fingerprint density at radius 1 is 0.950 bits per heavy atom. The zero-order valence-electron chi connectivity index (χ0n) is 10.8. The minimum Gasteiger partial charge on any atom is -0.384 e. The lowest BCUT2D eigenvalue weighted by Crippen LogP contribution is -1.98. The zero-order valence-corrected chi connectivity index (χ0v) is 10.8. The first-order chi connectivity index (χ1) is 9.81. The maximum Gasteiger partial charge on any atom is 0.106 e. The third-order valence-corrected chi connectivity index (χ3v) is 4.05. The van der Waals surface area contributed by atoms with Gasteiger partial charge in [-0.3, -0.25) is 0 Å². The molecule has 1 unspecified atom stereocenters. The molecule has 0 aliphatic heterocycles. The number of aliphatic hydroxyl groups is 1. The molecule has 20 heavy (non-hydrogen) atoms. The van der Waals surface area contributed by atoms with E-state index in [4.69, 9.17) is 6.42 Å². The third-order valence-electron chi connectivity index (χ3n) is 4.05. The van der Waals surface area contributed by atoms with Crippen LogP contribution in [0.4, 0.5) is 0 Å². The average molecular weight is 256 g/mol. The summed E-state index contributed by atoms with van der Waals surface area (Å²) in [7, 11) is 0. The first-order valence-corrected chi connectivity index (χ1v) is 6.61. The van der Waals surface area contributed by atoms with Gasteiger partial charge in [-0.25, -0.2) is 0 Å². The van der Waals surface area contributed by atoms with Crippen molar-refractivity contribution < 1.29 is 5.11 Å². The van der Waals surface area contributed by atoms with Crippen molar-refractivity contribution in [1.29, 1.82) is 0 Å². The predicted molar refractivity (Wildman–Crippen MR) is 81.4 cm³/mol. The fourth-order valence-corrected chi connectivity index (χ4v) is 3.16. The Kier molecular flexibility index (Phi) is 2.24. The SMILES string of the molecule is C#Cc1c2c(cc3ccccc13)-c1ccccc1C2O.